The Balaban J connectivity index is 2.74. The van der Waals surface area contributed by atoms with Crippen molar-refractivity contribution in [2.45, 2.75) is 0 Å². The number of nitrogens with zero attached hydrogens (tertiary/aromatic N) is 1. The minimum absolute atomic E-state index is 0.0107. The predicted molar refractivity (Wildman–Crippen MR) is 81.9 cm³/mol. The van der Waals surface area contributed by atoms with E-state index in [2.05, 4.69) is 9.72 Å². The Labute approximate surface area is 139 Å². The molecule has 1 aromatic heterocycles. The minimum atomic E-state index is -0.983. The van der Waals surface area contributed by atoms with Gasteiger partial charge in [0.25, 0.3) is 0 Å². The van der Waals surface area contributed by atoms with Gasteiger partial charge in [0.2, 0.25) is 0 Å². The molecule has 2 aromatic rings. The van der Waals surface area contributed by atoms with Crippen LogP contribution in [0.5, 0.6) is 5.75 Å². The van der Waals surface area contributed by atoms with Gasteiger partial charge >= 0.3 is 5.97 Å². The lowest BCUT2D eigenvalue weighted by Crippen LogP contribution is -2.08. The number of nitrogens with two attached hydrogens (primary N) is 1. The molecule has 0 spiro atoms. The van der Waals surface area contributed by atoms with Gasteiger partial charge in [0.05, 0.1) is 30.0 Å². The molecule has 0 atom stereocenters. The van der Waals surface area contributed by atoms with Crippen LogP contribution >= 0.6 is 23.2 Å². The number of anilines is 1. The van der Waals surface area contributed by atoms with Gasteiger partial charge in [0.15, 0.2) is 17.3 Å². The van der Waals surface area contributed by atoms with Gasteiger partial charge < -0.3 is 15.2 Å². The molecule has 0 fully saturated rings. The van der Waals surface area contributed by atoms with Crippen LogP contribution in [0.3, 0.4) is 0 Å². The minimum Gasteiger partial charge on any atom is -0.492 e. The second kappa shape index (κ2) is 6.55. The largest absolute Gasteiger partial charge is 0.492 e. The monoisotopic (exact) mass is 362 g/mol. The zero-order chi connectivity index (χ0) is 17.3. The van der Waals surface area contributed by atoms with Crippen LogP contribution in [0, 0.1) is 11.6 Å². The van der Waals surface area contributed by atoms with Crippen molar-refractivity contribution in [3.05, 3.63) is 39.6 Å². The van der Waals surface area contributed by atoms with E-state index in [0.717, 1.165) is 13.3 Å². The van der Waals surface area contributed by atoms with Crippen LogP contribution in [0.25, 0.3) is 11.1 Å². The average Bonchev–Trinajstić information content (AvgIpc) is 2.50. The van der Waals surface area contributed by atoms with Gasteiger partial charge in [-0.05, 0) is 0 Å². The number of rotatable bonds is 3. The van der Waals surface area contributed by atoms with Crippen LogP contribution in [0.4, 0.5) is 14.5 Å². The lowest BCUT2D eigenvalue weighted by molar-refractivity contribution is 0.0594. The summed E-state index contributed by atoms with van der Waals surface area (Å²) in [6.45, 7) is 0. The van der Waals surface area contributed by atoms with Gasteiger partial charge in [-0.3, -0.25) is 0 Å². The number of carbonyl (C=O) groups excluding carboxylic acids is 1. The van der Waals surface area contributed by atoms with Crippen molar-refractivity contribution in [2.24, 2.45) is 0 Å². The van der Waals surface area contributed by atoms with Crippen LogP contribution in [0.15, 0.2) is 12.3 Å². The molecule has 1 heterocycles. The zero-order valence-corrected chi connectivity index (χ0v) is 13.4. The van der Waals surface area contributed by atoms with E-state index in [4.69, 9.17) is 33.7 Å². The molecule has 23 heavy (non-hydrogen) atoms. The summed E-state index contributed by atoms with van der Waals surface area (Å²) < 4.78 is 37.1. The molecule has 0 bridgehead atoms. The summed E-state index contributed by atoms with van der Waals surface area (Å²) in [5, 5.41) is -0.562. The second-order valence-electron chi connectivity index (χ2n) is 4.30. The Kier molecular flexibility index (Phi) is 4.91. The number of pyridine rings is 1. The average molecular weight is 363 g/mol. The van der Waals surface area contributed by atoms with Crippen LogP contribution in [0.2, 0.25) is 10.0 Å². The van der Waals surface area contributed by atoms with E-state index < -0.39 is 17.6 Å². The van der Waals surface area contributed by atoms with Gasteiger partial charge in [-0.15, -0.1) is 0 Å². The van der Waals surface area contributed by atoms with Crippen molar-refractivity contribution in [2.75, 3.05) is 20.0 Å². The van der Waals surface area contributed by atoms with Crippen molar-refractivity contribution in [1.29, 1.82) is 0 Å². The van der Waals surface area contributed by atoms with Crippen LogP contribution < -0.4 is 10.5 Å². The topological polar surface area (TPSA) is 74.4 Å². The highest BCUT2D eigenvalue weighted by molar-refractivity contribution is 6.37. The van der Waals surface area contributed by atoms with E-state index in [9.17, 15) is 13.6 Å². The molecule has 2 N–H and O–H groups in total. The highest BCUT2D eigenvalue weighted by Gasteiger charge is 2.24. The number of benzene rings is 1. The molecule has 0 saturated heterocycles. The van der Waals surface area contributed by atoms with Crippen molar-refractivity contribution in [1.82, 2.24) is 4.98 Å². The maximum absolute atomic E-state index is 14.2. The normalized spacial score (nSPS) is 10.5. The molecule has 0 saturated carbocycles. The highest BCUT2D eigenvalue weighted by Crippen LogP contribution is 2.43. The lowest BCUT2D eigenvalue weighted by Gasteiger charge is -2.14. The SMILES string of the molecule is COC(=O)c1ncc(-c2c(F)cc(F)c(OC)c2Cl)c(N)c1Cl. The molecule has 0 amide bonds. The maximum Gasteiger partial charge on any atom is 0.358 e. The van der Waals surface area contributed by atoms with Gasteiger partial charge in [-0.2, -0.15) is 0 Å². The van der Waals surface area contributed by atoms with Gasteiger partial charge in [0, 0.05) is 23.4 Å². The number of carbonyl (C=O) groups is 1. The molecule has 0 aliphatic rings. The molecule has 1 aromatic carbocycles. The molecule has 0 unspecified atom stereocenters. The first-order chi connectivity index (χ1) is 10.8. The number of halogens is 4. The summed E-state index contributed by atoms with van der Waals surface area (Å²) in [7, 11) is 2.33. The Morgan fingerprint density at radius 2 is 1.87 bits per heavy atom. The highest BCUT2D eigenvalue weighted by atomic mass is 35.5. The third kappa shape index (κ3) is 2.89. The summed E-state index contributed by atoms with van der Waals surface area (Å²) in [6.07, 6.45) is 1.09. The zero-order valence-electron chi connectivity index (χ0n) is 11.9. The fourth-order valence-electron chi connectivity index (χ4n) is 1.95. The number of hydrogen-bond donors (Lipinski definition) is 1. The van der Waals surface area contributed by atoms with Crippen molar-refractivity contribution in [3.63, 3.8) is 0 Å². The van der Waals surface area contributed by atoms with Crippen LogP contribution in [-0.4, -0.2) is 25.2 Å². The Hall–Kier alpha value is -2.12. The van der Waals surface area contributed by atoms with Crippen LogP contribution in [-0.2, 0) is 4.74 Å². The first kappa shape index (κ1) is 17.2. The molecule has 5 nitrogen and oxygen atoms in total. The van der Waals surface area contributed by atoms with E-state index in [1.807, 2.05) is 0 Å². The van der Waals surface area contributed by atoms with Gasteiger partial charge in [0.1, 0.15) is 5.82 Å². The van der Waals surface area contributed by atoms with E-state index in [1.54, 1.807) is 0 Å². The summed E-state index contributed by atoms with van der Waals surface area (Å²) in [5.74, 6) is -3.11. The fraction of sp³-hybridized carbons (Fsp3) is 0.143. The number of esters is 1. The number of hydrogen-bond acceptors (Lipinski definition) is 5. The third-order valence-corrected chi connectivity index (χ3v) is 3.78. The fourth-order valence-corrected chi connectivity index (χ4v) is 2.53. The van der Waals surface area contributed by atoms with Gasteiger partial charge in [-0.25, -0.2) is 18.6 Å². The predicted octanol–water partition coefficient (Wildman–Crippen LogP) is 3.71. The summed E-state index contributed by atoms with van der Waals surface area (Å²) >= 11 is 12.0. The molecule has 122 valence electrons. The first-order valence-corrected chi connectivity index (χ1v) is 6.83. The second-order valence-corrected chi connectivity index (χ2v) is 5.06. The molecular weight excluding hydrogens is 353 g/mol. The lowest BCUT2D eigenvalue weighted by atomic mass is 10.0. The molecular formula is C14H10Cl2F2N2O3. The van der Waals surface area contributed by atoms with Gasteiger partial charge in [-0.1, -0.05) is 23.2 Å². The first-order valence-electron chi connectivity index (χ1n) is 6.07. The Bertz CT molecular complexity index is 800. The Morgan fingerprint density at radius 1 is 1.22 bits per heavy atom. The van der Waals surface area contributed by atoms with E-state index >= 15 is 0 Å². The molecule has 0 radical (unpaired) electrons. The van der Waals surface area contributed by atoms with E-state index in [1.165, 1.54) is 7.11 Å². The standard InChI is InChI=1S/C14H10Cl2F2N2O3/c1-22-13-7(18)3-6(17)8(9(13)15)5-4-20-12(14(21)23-2)10(16)11(5)19/h3-4H,1-2H3,(H2,19,20). The number of aromatic nitrogens is 1. The summed E-state index contributed by atoms with van der Waals surface area (Å²) in [6, 6.07) is 0.599. The molecule has 0 aliphatic heterocycles. The Morgan fingerprint density at radius 3 is 2.43 bits per heavy atom. The molecule has 0 aliphatic carbocycles. The van der Waals surface area contributed by atoms with Crippen molar-refractivity contribution >= 4 is 34.9 Å². The smallest absolute Gasteiger partial charge is 0.358 e. The number of ether oxygens (including phenoxy) is 2. The van der Waals surface area contributed by atoms with E-state index in [0.29, 0.717) is 6.07 Å². The molecule has 2 rings (SSSR count). The quantitative estimate of drug-likeness (QED) is 0.842. The van der Waals surface area contributed by atoms with Crippen LogP contribution in [0.1, 0.15) is 10.5 Å². The van der Waals surface area contributed by atoms with Crippen molar-refractivity contribution in [3.8, 4) is 16.9 Å². The number of methoxy groups -OCH3 is 2. The summed E-state index contributed by atoms with van der Waals surface area (Å²) in [5.41, 5.74) is 5.19. The summed E-state index contributed by atoms with van der Waals surface area (Å²) in [4.78, 5) is 15.3. The maximum atomic E-state index is 14.2. The third-order valence-electron chi connectivity index (χ3n) is 3.04. The number of nitrogen functional groups attached to an aromatic ring is 1. The van der Waals surface area contributed by atoms with E-state index in [-0.39, 0.29) is 38.3 Å². The van der Waals surface area contributed by atoms with Crippen molar-refractivity contribution < 1.29 is 23.0 Å². The molecule has 9 heteroatoms.